The molecular formula is C21H24N2O5. The number of carbonyl (C=O) groups is 2. The monoisotopic (exact) mass is 384 g/mol. The molecule has 0 spiro atoms. The van der Waals surface area contributed by atoms with Crippen molar-refractivity contribution in [1.82, 2.24) is 10.6 Å². The lowest BCUT2D eigenvalue weighted by Crippen LogP contribution is -2.38. The Morgan fingerprint density at radius 3 is 2.68 bits per heavy atom. The van der Waals surface area contributed by atoms with Crippen LogP contribution >= 0.6 is 0 Å². The summed E-state index contributed by atoms with van der Waals surface area (Å²) in [4.78, 5) is 36.5. The maximum atomic E-state index is 12.6. The average Bonchev–Trinajstić information content (AvgIpc) is 3.14. The van der Waals surface area contributed by atoms with Crippen LogP contribution in [0.25, 0.3) is 0 Å². The van der Waals surface area contributed by atoms with Crippen LogP contribution in [0, 0.1) is 6.92 Å². The molecule has 1 aliphatic rings. The van der Waals surface area contributed by atoms with E-state index in [9.17, 15) is 14.4 Å². The van der Waals surface area contributed by atoms with Crippen molar-refractivity contribution < 1.29 is 18.7 Å². The molecular weight excluding hydrogens is 360 g/mol. The zero-order chi connectivity index (χ0) is 20.1. The van der Waals surface area contributed by atoms with Crippen LogP contribution in [0.4, 0.5) is 0 Å². The van der Waals surface area contributed by atoms with Gasteiger partial charge in [0.05, 0.1) is 7.11 Å². The molecule has 2 heterocycles. The second kappa shape index (κ2) is 8.84. The molecule has 148 valence electrons. The SMILES string of the molecule is COC(=O)[C@@H]1C[C@H](NC(=O)c2c(C)cc(CCc3ccccc3)oc2=O)CN1. The highest BCUT2D eigenvalue weighted by atomic mass is 16.5. The van der Waals surface area contributed by atoms with Crippen molar-refractivity contribution in [3.63, 3.8) is 0 Å². The fraction of sp³-hybridized carbons (Fsp3) is 0.381. The fourth-order valence-electron chi connectivity index (χ4n) is 3.41. The number of rotatable bonds is 6. The predicted octanol–water partition coefficient (Wildman–Crippen LogP) is 1.37. The lowest BCUT2D eigenvalue weighted by atomic mass is 10.1. The summed E-state index contributed by atoms with van der Waals surface area (Å²) in [6.07, 6.45) is 1.74. The van der Waals surface area contributed by atoms with Crippen molar-refractivity contribution in [1.29, 1.82) is 0 Å². The van der Waals surface area contributed by atoms with Crippen LogP contribution in [-0.2, 0) is 22.4 Å². The summed E-state index contributed by atoms with van der Waals surface area (Å²) in [6, 6.07) is 11.0. The third-order valence-corrected chi connectivity index (χ3v) is 4.88. The van der Waals surface area contributed by atoms with Crippen LogP contribution < -0.4 is 16.3 Å². The molecule has 0 aliphatic carbocycles. The number of carbonyl (C=O) groups excluding carboxylic acids is 2. The topological polar surface area (TPSA) is 97.6 Å². The zero-order valence-corrected chi connectivity index (χ0v) is 16.0. The summed E-state index contributed by atoms with van der Waals surface area (Å²) in [7, 11) is 1.32. The lowest BCUT2D eigenvalue weighted by molar-refractivity contribution is -0.142. The van der Waals surface area contributed by atoms with Gasteiger partial charge in [0.1, 0.15) is 17.4 Å². The van der Waals surface area contributed by atoms with Crippen molar-refractivity contribution in [2.45, 2.75) is 38.3 Å². The van der Waals surface area contributed by atoms with Crippen LogP contribution in [0.1, 0.15) is 33.7 Å². The molecule has 2 N–H and O–H groups in total. The molecule has 1 fully saturated rings. The van der Waals surface area contributed by atoms with Gasteiger partial charge in [-0.2, -0.15) is 0 Å². The summed E-state index contributed by atoms with van der Waals surface area (Å²) in [5, 5.41) is 5.79. The van der Waals surface area contributed by atoms with Crippen molar-refractivity contribution in [3.8, 4) is 0 Å². The van der Waals surface area contributed by atoms with E-state index in [-0.39, 0.29) is 17.6 Å². The predicted molar refractivity (Wildman–Crippen MR) is 103 cm³/mol. The van der Waals surface area contributed by atoms with Gasteiger partial charge in [0.2, 0.25) is 0 Å². The first-order valence-corrected chi connectivity index (χ1v) is 9.27. The van der Waals surface area contributed by atoms with E-state index in [0.717, 1.165) is 12.0 Å². The van der Waals surface area contributed by atoms with Crippen LogP contribution in [0.15, 0.2) is 45.6 Å². The molecule has 3 rings (SSSR count). The van der Waals surface area contributed by atoms with Gasteiger partial charge in [-0.1, -0.05) is 30.3 Å². The molecule has 2 atom stereocenters. The molecule has 1 saturated heterocycles. The Balaban J connectivity index is 1.65. The van der Waals surface area contributed by atoms with Gasteiger partial charge in [0, 0.05) is 19.0 Å². The lowest BCUT2D eigenvalue weighted by Gasteiger charge is -2.13. The Morgan fingerprint density at radius 2 is 2.00 bits per heavy atom. The summed E-state index contributed by atoms with van der Waals surface area (Å²) >= 11 is 0. The molecule has 2 aromatic rings. The van der Waals surface area contributed by atoms with E-state index in [2.05, 4.69) is 10.6 Å². The number of hydrogen-bond acceptors (Lipinski definition) is 6. The van der Waals surface area contributed by atoms with E-state index in [1.807, 2.05) is 30.3 Å². The third-order valence-electron chi connectivity index (χ3n) is 4.88. The quantitative estimate of drug-likeness (QED) is 0.730. The standard InChI is InChI=1S/C21H24N2O5/c1-13-10-16(9-8-14-6-4-3-5-7-14)28-21(26)18(13)19(24)23-15-11-17(22-12-15)20(25)27-2/h3-7,10,15,17,22H,8-9,11-12H2,1-2H3,(H,23,24)/t15-,17-/m0/s1. The highest BCUT2D eigenvalue weighted by Crippen LogP contribution is 2.13. The van der Waals surface area contributed by atoms with E-state index < -0.39 is 17.6 Å². The van der Waals surface area contributed by atoms with E-state index in [1.165, 1.54) is 7.11 Å². The number of ether oxygens (including phenoxy) is 1. The minimum absolute atomic E-state index is 0.00461. The molecule has 7 nitrogen and oxygen atoms in total. The maximum absolute atomic E-state index is 12.6. The van der Waals surface area contributed by atoms with E-state index in [4.69, 9.17) is 9.15 Å². The number of amides is 1. The van der Waals surface area contributed by atoms with E-state index >= 15 is 0 Å². The number of hydrogen-bond donors (Lipinski definition) is 2. The van der Waals surface area contributed by atoms with Gasteiger partial charge >= 0.3 is 11.6 Å². The van der Waals surface area contributed by atoms with Crippen LogP contribution in [0.3, 0.4) is 0 Å². The van der Waals surface area contributed by atoms with E-state index in [0.29, 0.717) is 30.7 Å². The van der Waals surface area contributed by atoms with Gasteiger partial charge in [-0.3, -0.25) is 9.59 Å². The number of methoxy groups -OCH3 is 1. The smallest absolute Gasteiger partial charge is 0.349 e. The normalized spacial score (nSPS) is 18.6. The molecule has 0 saturated carbocycles. The van der Waals surface area contributed by atoms with Crippen LogP contribution in [0.2, 0.25) is 0 Å². The summed E-state index contributed by atoms with van der Waals surface area (Å²) in [6.45, 7) is 2.16. The third kappa shape index (κ3) is 4.67. The van der Waals surface area contributed by atoms with Crippen molar-refractivity contribution in [2.75, 3.05) is 13.7 Å². The summed E-state index contributed by atoms with van der Waals surface area (Å²) in [5.41, 5.74) is 1.09. The van der Waals surface area contributed by atoms with Crippen LogP contribution in [-0.4, -0.2) is 37.6 Å². The zero-order valence-electron chi connectivity index (χ0n) is 16.0. The molecule has 1 aliphatic heterocycles. The Bertz CT molecular complexity index is 907. The number of aryl methyl sites for hydroxylation is 3. The Labute approximate surface area is 163 Å². The minimum Gasteiger partial charge on any atom is -0.468 e. The van der Waals surface area contributed by atoms with Gasteiger partial charge in [-0.25, -0.2) is 4.79 Å². The first-order chi connectivity index (χ1) is 13.5. The molecule has 1 amide bonds. The highest BCUT2D eigenvalue weighted by Gasteiger charge is 2.31. The number of nitrogens with one attached hydrogen (secondary N) is 2. The first-order valence-electron chi connectivity index (χ1n) is 9.27. The van der Waals surface area contributed by atoms with Gasteiger partial charge < -0.3 is 19.8 Å². The molecule has 28 heavy (non-hydrogen) atoms. The molecule has 0 radical (unpaired) electrons. The average molecular weight is 384 g/mol. The largest absolute Gasteiger partial charge is 0.468 e. The maximum Gasteiger partial charge on any atom is 0.349 e. The summed E-state index contributed by atoms with van der Waals surface area (Å²) < 4.78 is 10.1. The molecule has 1 aromatic carbocycles. The van der Waals surface area contributed by atoms with Crippen molar-refractivity contribution in [3.05, 3.63) is 69.3 Å². The van der Waals surface area contributed by atoms with Gasteiger partial charge in [0.25, 0.3) is 5.91 Å². The highest BCUT2D eigenvalue weighted by molar-refractivity contribution is 5.95. The minimum atomic E-state index is -0.643. The Hall–Kier alpha value is -2.93. The number of benzene rings is 1. The molecule has 0 bridgehead atoms. The summed E-state index contributed by atoms with van der Waals surface area (Å²) in [5.74, 6) is -0.301. The molecule has 1 aromatic heterocycles. The van der Waals surface area contributed by atoms with Gasteiger partial charge in [-0.15, -0.1) is 0 Å². The second-order valence-corrected chi connectivity index (χ2v) is 6.93. The first kappa shape index (κ1) is 19.8. The second-order valence-electron chi connectivity index (χ2n) is 6.93. The molecule has 0 unspecified atom stereocenters. The van der Waals surface area contributed by atoms with Gasteiger partial charge in [0.15, 0.2) is 0 Å². The van der Waals surface area contributed by atoms with Gasteiger partial charge in [-0.05, 0) is 37.0 Å². The van der Waals surface area contributed by atoms with Crippen LogP contribution in [0.5, 0.6) is 0 Å². The fourth-order valence-corrected chi connectivity index (χ4v) is 3.41. The Kier molecular flexibility index (Phi) is 6.26. The number of esters is 1. The van der Waals surface area contributed by atoms with E-state index in [1.54, 1.807) is 13.0 Å². The van der Waals surface area contributed by atoms with Crippen molar-refractivity contribution >= 4 is 11.9 Å². The van der Waals surface area contributed by atoms with Crippen molar-refractivity contribution in [2.24, 2.45) is 0 Å². The molecule has 7 heteroatoms. The Morgan fingerprint density at radius 1 is 1.25 bits per heavy atom.